The summed E-state index contributed by atoms with van der Waals surface area (Å²) < 4.78 is 14.2. The summed E-state index contributed by atoms with van der Waals surface area (Å²) in [6.07, 6.45) is 7.16. The molecule has 4 aromatic rings. The van der Waals surface area contributed by atoms with Crippen LogP contribution in [0.15, 0.2) is 92.6 Å². The predicted molar refractivity (Wildman–Crippen MR) is 161 cm³/mol. The van der Waals surface area contributed by atoms with Crippen LogP contribution in [0.4, 0.5) is 0 Å². The highest BCUT2D eigenvalue weighted by molar-refractivity contribution is 9.10. The number of carbonyl (C=O) groups excluding carboxylic acids is 1. The molecule has 0 bridgehead atoms. The standard InChI is InChI=1S/C32H25BrN2O4S/c1-4-16-39-26-19-24(33)23(17-25(26)38-5-2)18-27-31(37)35-30(22-14-10-7-11-15-22)28(20(3)36)29(34-32(35)40-27)21-12-8-6-9-13-21/h1,6-15,17-19,30H,5,16H2,2-3H3/b27-18-. The van der Waals surface area contributed by atoms with Gasteiger partial charge in [0.15, 0.2) is 22.1 Å². The van der Waals surface area contributed by atoms with Crippen molar-refractivity contribution in [3.8, 4) is 23.8 Å². The van der Waals surface area contributed by atoms with Gasteiger partial charge in [-0.1, -0.05) is 93.9 Å². The second-order valence-electron chi connectivity index (χ2n) is 8.92. The Hall–Kier alpha value is -4.19. The number of rotatable bonds is 8. The first-order chi connectivity index (χ1) is 19.4. The van der Waals surface area contributed by atoms with E-state index in [1.165, 1.54) is 18.3 Å². The van der Waals surface area contributed by atoms with E-state index in [1.807, 2.05) is 73.7 Å². The zero-order valence-corrected chi connectivity index (χ0v) is 24.3. The molecule has 5 rings (SSSR count). The normalized spacial score (nSPS) is 14.8. The molecule has 1 aromatic heterocycles. The van der Waals surface area contributed by atoms with Crippen LogP contribution >= 0.6 is 27.3 Å². The number of halogens is 1. The molecule has 0 spiro atoms. The molecule has 8 heteroatoms. The molecular formula is C32H25BrN2O4S. The van der Waals surface area contributed by atoms with Crippen LogP contribution in [0.3, 0.4) is 0 Å². The Labute approximate surface area is 244 Å². The van der Waals surface area contributed by atoms with Crippen LogP contribution in [0.5, 0.6) is 11.5 Å². The van der Waals surface area contributed by atoms with Crippen molar-refractivity contribution in [3.05, 3.63) is 119 Å². The van der Waals surface area contributed by atoms with Gasteiger partial charge in [0.25, 0.3) is 5.56 Å². The van der Waals surface area contributed by atoms with Crippen molar-refractivity contribution in [2.45, 2.75) is 19.9 Å². The minimum atomic E-state index is -0.616. The van der Waals surface area contributed by atoms with Crippen molar-refractivity contribution in [1.29, 1.82) is 0 Å². The Bertz CT molecular complexity index is 1830. The van der Waals surface area contributed by atoms with Crippen LogP contribution in [0, 0.1) is 12.3 Å². The lowest BCUT2D eigenvalue weighted by molar-refractivity contribution is -0.113. The van der Waals surface area contributed by atoms with E-state index in [9.17, 15) is 9.59 Å². The van der Waals surface area contributed by atoms with Crippen molar-refractivity contribution in [2.24, 2.45) is 4.99 Å². The van der Waals surface area contributed by atoms with Crippen molar-refractivity contribution in [1.82, 2.24) is 4.57 Å². The van der Waals surface area contributed by atoms with Gasteiger partial charge in [-0.15, -0.1) is 6.42 Å². The summed E-state index contributed by atoms with van der Waals surface area (Å²) in [7, 11) is 0. The van der Waals surface area contributed by atoms with E-state index in [0.717, 1.165) is 16.7 Å². The molecule has 0 saturated carbocycles. The Morgan fingerprint density at radius 3 is 2.42 bits per heavy atom. The summed E-state index contributed by atoms with van der Waals surface area (Å²) >= 11 is 4.87. The minimum Gasteiger partial charge on any atom is -0.490 e. The molecule has 1 atom stereocenters. The van der Waals surface area contributed by atoms with Gasteiger partial charge < -0.3 is 9.47 Å². The Morgan fingerprint density at radius 1 is 1.10 bits per heavy atom. The van der Waals surface area contributed by atoms with Gasteiger partial charge in [0.2, 0.25) is 0 Å². The number of Topliss-reactive ketones (excluding diaryl/α,β-unsaturated/α-hetero) is 1. The first kappa shape index (κ1) is 27.4. The van der Waals surface area contributed by atoms with E-state index in [2.05, 4.69) is 21.9 Å². The maximum Gasteiger partial charge on any atom is 0.271 e. The smallest absolute Gasteiger partial charge is 0.271 e. The summed E-state index contributed by atoms with van der Waals surface area (Å²) in [5.41, 5.74) is 3.19. The van der Waals surface area contributed by atoms with Gasteiger partial charge in [-0.25, -0.2) is 4.99 Å². The number of aromatic nitrogens is 1. The van der Waals surface area contributed by atoms with Crippen LogP contribution in [0.1, 0.15) is 36.6 Å². The SMILES string of the molecule is C#CCOc1cc(Br)c(/C=c2\sc3n(c2=O)C(c2ccccc2)C(C(C)=O)=C(c2ccccc2)N=3)cc1OCC. The number of fused-ring (bicyclic) bond motifs is 1. The summed E-state index contributed by atoms with van der Waals surface area (Å²) in [6, 6.07) is 22.1. The highest BCUT2D eigenvalue weighted by atomic mass is 79.9. The third kappa shape index (κ3) is 5.31. The van der Waals surface area contributed by atoms with Gasteiger partial charge in [-0.3, -0.25) is 14.2 Å². The molecule has 2 heterocycles. The Balaban J connectivity index is 1.75. The first-order valence-corrected chi connectivity index (χ1v) is 14.2. The van der Waals surface area contributed by atoms with Crippen molar-refractivity contribution < 1.29 is 14.3 Å². The van der Waals surface area contributed by atoms with Crippen molar-refractivity contribution >= 4 is 44.8 Å². The van der Waals surface area contributed by atoms with E-state index in [1.54, 1.807) is 16.7 Å². The van der Waals surface area contributed by atoms with E-state index in [4.69, 9.17) is 20.9 Å². The molecule has 3 aromatic carbocycles. The fourth-order valence-electron chi connectivity index (χ4n) is 4.64. The number of terminal acetylenes is 1. The third-order valence-electron chi connectivity index (χ3n) is 6.33. The quantitative estimate of drug-likeness (QED) is 0.259. The monoisotopic (exact) mass is 612 g/mol. The van der Waals surface area contributed by atoms with Crippen LogP contribution in [0.2, 0.25) is 0 Å². The van der Waals surface area contributed by atoms with Gasteiger partial charge in [0.1, 0.15) is 6.61 Å². The average Bonchev–Trinajstić information content (AvgIpc) is 3.28. The number of ketones is 1. The van der Waals surface area contributed by atoms with Gasteiger partial charge >= 0.3 is 0 Å². The van der Waals surface area contributed by atoms with E-state index >= 15 is 0 Å². The maximum absolute atomic E-state index is 14.0. The highest BCUT2D eigenvalue weighted by Gasteiger charge is 2.32. The maximum atomic E-state index is 14.0. The van der Waals surface area contributed by atoms with Crippen molar-refractivity contribution in [3.63, 3.8) is 0 Å². The fraction of sp³-hybridized carbons (Fsp3) is 0.156. The minimum absolute atomic E-state index is 0.103. The second-order valence-corrected chi connectivity index (χ2v) is 10.8. The number of hydrogen-bond donors (Lipinski definition) is 0. The Kier molecular flexibility index (Phi) is 8.15. The molecule has 6 nitrogen and oxygen atoms in total. The molecule has 1 aliphatic heterocycles. The molecule has 0 N–H and O–H groups in total. The lowest BCUT2D eigenvalue weighted by Crippen LogP contribution is -2.39. The van der Waals surface area contributed by atoms with Crippen molar-refractivity contribution in [2.75, 3.05) is 13.2 Å². The average molecular weight is 614 g/mol. The van der Waals surface area contributed by atoms with Crippen LogP contribution in [0.25, 0.3) is 11.8 Å². The largest absolute Gasteiger partial charge is 0.490 e. The lowest BCUT2D eigenvalue weighted by Gasteiger charge is -2.25. The Morgan fingerprint density at radius 2 is 1.77 bits per heavy atom. The molecule has 0 radical (unpaired) electrons. The zero-order chi connectivity index (χ0) is 28.2. The molecule has 1 aliphatic rings. The third-order valence-corrected chi connectivity index (χ3v) is 8.00. The summed E-state index contributed by atoms with van der Waals surface area (Å²) in [5, 5.41) is 0. The number of allylic oxidation sites excluding steroid dienone is 1. The topological polar surface area (TPSA) is 69.9 Å². The van der Waals surface area contributed by atoms with Crippen LogP contribution in [-0.4, -0.2) is 23.6 Å². The van der Waals surface area contributed by atoms with E-state index in [0.29, 0.717) is 43.2 Å². The molecule has 0 saturated heterocycles. The van der Waals surface area contributed by atoms with E-state index < -0.39 is 6.04 Å². The number of nitrogens with zero attached hydrogens (tertiary/aromatic N) is 2. The van der Waals surface area contributed by atoms with Gasteiger partial charge in [0, 0.05) is 15.6 Å². The fourth-order valence-corrected chi connectivity index (χ4v) is 6.07. The molecule has 0 fully saturated rings. The van der Waals surface area contributed by atoms with Crippen LogP contribution < -0.4 is 24.4 Å². The highest BCUT2D eigenvalue weighted by Crippen LogP contribution is 2.36. The zero-order valence-electron chi connectivity index (χ0n) is 21.9. The number of ether oxygens (including phenoxy) is 2. The summed E-state index contributed by atoms with van der Waals surface area (Å²) in [6.45, 7) is 3.94. The predicted octanol–water partition coefficient (Wildman–Crippen LogP) is 5.13. The van der Waals surface area contributed by atoms with E-state index in [-0.39, 0.29) is 17.9 Å². The van der Waals surface area contributed by atoms with Crippen LogP contribution in [-0.2, 0) is 4.79 Å². The first-order valence-electron chi connectivity index (χ1n) is 12.6. The lowest BCUT2D eigenvalue weighted by atomic mass is 9.91. The summed E-state index contributed by atoms with van der Waals surface area (Å²) in [5.74, 6) is 3.34. The summed E-state index contributed by atoms with van der Waals surface area (Å²) in [4.78, 5) is 32.5. The van der Waals surface area contributed by atoms with Gasteiger partial charge in [-0.2, -0.15) is 0 Å². The number of hydrogen-bond acceptors (Lipinski definition) is 6. The number of thiazole rings is 1. The van der Waals surface area contributed by atoms with Gasteiger partial charge in [-0.05, 0) is 43.2 Å². The number of benzene rings is 3. The second kappa shape index (κ2) is 11.9. The van der Waals surface area contributed by atoms with Gasteiger partial charge in [0.05, 0.1) is 22.9 Å². The molecule has 40 heavy (non-hydrogen) atoms. The molecule has 0 amide bonds. The molecular weight excluding hydrogens is 588 g/mol. The molecule has 0 aliphatic carbocycles. The molecule has 1 unspecified atom stereocenters. The number of carbonyl (C=O) groups is 1. The molecule has 200 valence electrons.